The molecule has 3 N–H and O–H groups in total. The van der Waals surface area contributed by atoms with Gasteiger partial charge < -0.3 is 11.1 Å². The highest BCUT2D eigenvalue weighted by atomic mass is 19.1. The molecule has 108 valence electrons. The minimum absolute atomic E-state index is 0.234. The lowest BCUT2D eigenvalue weighted by Gasteiger charge is -2.16. The van der Waals surface area contributed by atoms with Crippen molar-refractivity contribution < 1.29 is 8.78 Å². The van der Waals surface area contributed by atoms with Gasteiger partial charge in [0.25, 0.3) is 0 Å². The van der Waals surface area contributed by atoms with Crippen LogP contribution in [0.4, 0.5) is 20.3 Å². The number of benzene rings is 1. The number of anilines is 2. The van der Waals surface area contributed by atoms with Gasteiger partial charge in [0.2, 0.25) is 0 Å². The summed E-state index contributed by atoms with van der Waals surface area (Å²) in [6.07, 6.45) is 3.19. The number of fused-ring (bicyclic) bond motifs is 1. The fourth-order valence-corrected chi connectivity index (χ4v) is 2.11. The molecule has 0 radical (unpaired) electrons. The highest BCUT2D eigenvalue weighted by Crippen LogP contribution is 2.22. The van der Waals surface area contributed by atoms with E-state index < -0.39 is 17.7 Å². The van der Waals surface area contributed by atoms with Crippen LogP contribution in [0.1, 0.15) is 18.5 Å². The number of hydrogen-bond donors (Lipinski definition) is 2. The van der Waals surface area contributed by atoms with E-state index in [1.54, 1.807) is 19.2 Å². The number of nitrogens with two attached hydrogens (primary N) is 1. The fourth-order valence-electron chi connectivity index (χ4n) is 2.11. The number of aromatic nitrogens is 3. The number of nitrogens with zero attached hydrogens (tertiary/aromatic N) is 3. The van der Waals surface area contributed by atoms with Crippen molar-refractivity contribution in [2.75, 3.05) is 11.1 Å². The zero-order valence-electron chi connectivity index (χ0n) is 11.2. The van der Waals surface area contributed by atoms with E-state index >= 15 is 0 Å². The van der Waals surface area contributed by atoms with Crippen LogP contribution >= 0.6 is 0 Å². The molecule has 2 heterocycles. The average molecular weight is 289 g/mol. The van der Waals surface area contributed by atoms with Crippen LogP contribution in [0.2, 0.25) is 0 Å². The van der Waals surface area contributed by atoms with Crippen LogP contribution < -0.4 is 11.1 Å². The van der Waals surface area contributed by atoms with Crippen LogP contribution in [-0.4, -0.2) is 14.6 Å². The Morgan fingerprint density at radius 3 is 2.90 bits per heavy atom. The molecule has 1 aromatic carbocycles. The Morgan fingerprint density at radius 1 is 1.29 bits per heavy atom. The molecular formula is C14H13F2N5. The van der Waals surface area contributed by atoms with Gasteiger partial charge in [0.05, 0.1) is 17.9 Å². The second-order valence-electron chi connectivity index (χ2n) is 4.71. The Balaban J connectivity index is 1.90. The van der Waals surface area contributed by atoms with Crippen LogP contribution in [0.3, 0.4) is 0 Å². The quantitative estimate of drug-likeness (QED) is 0.778. The van der Waals surface area contributed by atoms with Crippen LogP contribution in [0, 0.1) is 11.6 Å². The third-order valence-electron chi connectivity index (χ3n) is 3.19. The molecule has 3 aromatic rings. The SMILES string of the molecule is C[C@@H](Nc1ccn2ncc(N)c2n1)c1cc(F)ccc1F. The molecule has 0 bridgehead atoms. The fraction of sp³-hybridized carbons (Fsp3) is 0.143. The molecule has 21 heavy (non-hydrogen) atoms. The predicted molar refractivity (Wildman–Crippen MR) is 75.8 cm³/mol. The van der Waals surface area contributed by atoms with Gasteiger partial charge in [-0.25, -0.2) is 18.3 Å². The topological polar surface area (TPSA) is 68.2 Å². The van der Waals surface area contributed by atoms with Crippen LogP contribution in [-0.2, 0) is 0 Å². The van der Waals surface area contributed by atoms with Gasteiger partial charge in [0.15, 0.2) is 5.65 Å². The van der Waals surface area contributed by atoms with Crippen molar-refractivity contribution in [3.05, 3.63) is 53.9 Å². The summed E-state index contributed by atoms with van der Waals surface area (Å²) in [7, 11) is 0. The van der Waals surface area contributed by atoms with Gasteiger partial charge in [-0.3, -0.25) is 0 Å². The maximum atomic E-state index is 13.7. The van der Waals surface area contributed by atoms with Crippen LogP contribution in [0.5, 0.6) is 0 Å². The molecule has 7 heteroatoms. The Morgan fingerprint density at radius 2 is 2.10 bits per heavy atom. The Kier molecular flexibility index (Phi) is 3.17. The highest BCUT2D eigenvalue weighted by molar-refractivity contribution is 5.65. The first-order valence-corrected chi connectivity index (χ1v) is 6.36. The monoisotopic (exact) mass is 289 g/mol. The molecule has 0 spiro atoms. The Labute approximate surface area is 119 Å². The number of nitrogen functional groups attached to an aromatic ring is 1. The predicted octanol–water partition coefficient (Wildman–Crippen LogP) is 2.76. The normalized spacial score (nSPS) is 12.5. The number of rotatable bonds is 3. The van der Waals surface area contributed by atoms with Gasteiger partial charge in [0.1, 0.15) is 17.5 Å². The molecule has 0 aliphatic rings. The van der Waals surface area contributed by atoms with E-state index in [2.05, 4.69) is 15.4 Å². The molecule has 1 atom stereocenters. The molecule has 0 saturated heterocycles. The van der Waals surface area contributed by atoms with Crippen molar-refractivity contribution in [3.8, 4) is 0 Å². The van der Waals surface area contributed by atoms with Crippen molar-refractivity contribution in [1.29, 1.82) is 0 Å². The molecule has 0 amide bonds. The van der Waals surface area contributed by atoms with Crippen molar-refractivity contribution >= 4 is 17.2 Å². The Hall–Kier alpha value is -2.70. The molecular weight excluding hydrogens is 276 g/mol. The molecule has 2 aromatic heterocycles. The van der Waals surface area contributed by atoms with Gasteiger partial charge >= 0.3 is 0 Å². The van der Waals surface area contributed by atoms with Gasteiger partial charge in [-0.05, 0) is 31.2 Å². The number of nitrogens with one attached hydrogen (secondary N) is 1. The summed E-state index contributed by atoms with van der Waals surface area (Å²) in [4.78, 5) is 4.30. The summed E-state index contributed by atoms with van der Waals surface area (Å²) in [5.74, 6) is -0.448. The van der Waals surface area contributed by atoms with E-state index in [1.807, 2.05) is 0 Å². The third kappa shape index (κ3) is 2.49. The van der Waals surface area contributed by atoms with Gasteiger partial charge in [-0.2, -0.15) is 5.10 Å². The average Bonchev–Trinajstić information content (AvgIpc) is 2.83. The van der Waals surface area contributed by atoms with Crippen LogP contribution in [0.15, 0.2) is 36.7 Å². The van der Waals surface area contributed by atoms with Crippen molar-refractivity contribution in [2.45, 2.75) is 13.0 Å². The second kappa shape index (κ2) is 5.01. The van der Waals surface area contributed by atoms with Gasteiger partial charge in [0, 0.05) is 11.8 Å². The van der Waals surface area contributed by atoms with E-state index in [-0.39, 0.29) is 5.56 Å². The van der Waals surface area contributed by atoms with E-state index in [4.69, 9.17) is 5.73 Å². The van der Waals surface area contributed by atoms with Gasteiger partial charge in [-0.1, -0.05) is 0 Å². The summed E-state index contributed by atoms with van der Waals surface area (Å²) in [5.41, 5.74) is 6.94. The molecule has 0 saturated carbocycles. The molecule has 0 fully saturated rings. The summed E-state index contributed by atoms with van der Waals surface area (Å²) < 4.78 is 28.5. The Bertz CT molecular complexity index is 799. The van der Waals surface area contributed by atoms with E-state index in [1.165, 1.54) is 16.8 Å². The van der Waals surface area contributed by atoms with Gasteiger partial charge in [-0.15, -0.1) is 0 Å². The lowest BCUT2D eigenvalue weighted by atomic mass is 10.1. The second-order valence-corrected chi connectivity index (χ2v) is 4.71. The summed E-state index contributed by atoms with van der Waals surface area (Å²) in [6.45, 7) is 1.73. The maximum Gasteiger partial charge on any atom is 0.180 e. The zero-order valence-corrected chi connectivity index (χ0v) is 11.2. The third-order valence-corrected chi connectivity index (χ3v) is 3.19. The van der Waals surface area contributed by atoms with Crippen LogP contribution in [0.25, 0.3) is 5.65 Å². The minimum Gasteiger partial charge on any atom is -0.394 e. The van der Waals surface area contributed by atoms with Crippen molar-refractivity contribution in [2.24, 2.45) is 0 Å². The van der Waals surface area contributed by atoms with E-state index in [0.29, 0.717) is 17.2 Å². The van der Waals surface area contributed by atoms with E-state index in [9.17, 15) is 8.78 Å². The molecule has 5 nitrogen and oxygen atoms in total. The summed E-state index contributed by atoms with van der Waals surface area (Å²) in [6, 6.07) is 4.60. The standard InChI is InChI=1S/C14H13F2N5/c1-8(10-6-9(15)2-3-11(10)16)19-13-4-5-21-14(20-13)12(17)7-18-21/h2-8H,17H2,1H3,(H,19,20)/t8-/m1/s1. The summed E-state index contributed by atoms with van der Waals surface area (Å²) in [5, 5.41) is 7.04. The zero-order chi connectivity index (χ0) is 15.0. The van der Waals surface area contributed by atoms with E-state index in [0.717, 1.165) is 12.1 Å². The summed E-state index contributed by atoms with van der Waals surface area (Å²) >= 11 is 0. The lowest BCUT2D eigenvalue weighted by Crippen LogP contribution is -2.10. The first kappa shape index (κ1) is 13.3. The lowest BCUT2D eigenvalue weighted by molar-refractivity contribution is 0.577. The largest absolute Gasteiger partial charge is 0.394 e. The van der Waals surface area contributed by atoms with Crippen molar-refractivity contribution in [1.82, 2.24) is 14.6 Å². The maximum absolute atomic E-state index is 13.7. The number of hydrogen-bond acceptors (Lipinski definition) is 4. The minimum atomic E-state index is -0.483. The highest BCUT2D eigenvalue weighted by Gasteiger charge is 2.13. The molecule has 3 rings (SSSR count). The smallest absolute Gasteiger partial charge is 0.180 e. The molecule has 0 aliphatic carbocycles. The first-order chi connectivity index (χ1) is 10.0. The number of halogens is 2. The molecule has 0 unspecified atom stereocenters. The van der Waals surface area contributed by atoms with Crippen molar-refractivity contribution in [3.63, 3.8) is 0 Å². The first-order valence-electron chi connectivity index (χ1n) is 6.36. The molecule has 0 aliphatic heterocycles.